The first-order chi connectivity index (χ1) is 9.66. The summed E-state index contributed by atoms with van der Waals surface area (Å²) in [5.74, 6) is 0.741. The topological polar surface area (TPSA) is 46.6 Å². The van der Waals surface area contributed by atoms with Crippen LogP contribution in [0.1, 0.15) is 51.9 Å². The number of hydrogen-bond donors (Lipinski definition) is 0. The highest BCUT2D eigenvalue weighted by atomic mass is 16.5. The van der Waals surface area contributed by atoms with Gasteiger partial charge in [-0.2, -0.15) is 0 Å². The Morgan fingerprint density at radius 3 is 2.75 bits per heavy atom. The molecule has 1 saturated carbocycles. The number of ether oxygens (including phenoxy) is 1. The molecule has 0 aromatic rings. The largest absolute Gasteiger partial charge is 0.378 e. The lowest BCUT2D eigenvalue weighted by Crippen LogP contribution is -2.50. The van der Waals surface area contributed by atoms with Crippen LogP contribution < -0.4 is 0 Å². The summed E-state index contributed by atoms with van der Waals surface area (Å²) >= 11 is 0. The van der Waals surface area contributed by atoms with Gasteiger partial charge >= 0.3 is 0 Å². The molecule has 0 bridgehead atoms. The summed E-state index contributed by atoms with van der Waals surface area (Å²) in [6.07, 6.45) is 6.96. The van der Waals surface area contributed by atoms with Crippen molar-refractivity contribution in [2.45, 2.75) is 64.0 Å². The summed E-state index contributed by atoms with van der Waals surface area (Å²) in [6.45, 7) is 3.42. The molecule has 0 N–H and O–H groups in total. The summed E-state index contributed by atoms with van der Waals surface area (Å²) in [5, 5.41) is 0. The molecule has 3 fully saturated rings. The average molecular weight is 279 g/mol. The Labute approximate surface area is 120 Å². The van der Waals surface area contributed by atoms with Gasteiger partial charge in [-0.05, 0) is 45.4 Å². The molecule has 1 aliphatic carbocycles. The lowest BCUT2D eigenvalue weighted by molar-refractivity contribution is -0.141. The van der Waals surface area contributed by atoms with Crippen LogP contribution in [0.15, 0.2) is 0 Å². The SMILES string of the molecule is CC1CC(C(=O)N2CCCCC2C2CCCC2=O)CO1. The first-order valence-corrected chi connectivity index (χ1v) is 8.11. The Kier molecular flexibility index (Phi) is 4.11. The van der Waals surface area contributed by atoms with Crippen molar-refractivity contribution in [3.63, 3.8) is 0 Å². The first-order valence-electron chi connectivity index (χ1n) is 8.11. The van der Waals surface area contributed by atoms with Gasteiger partial charge in [0.1, 0.15) is 5.78 Å². The minimum absolute atomic E-state index is 0.0158. The van der Waals surface area contributed by atoms with E-state index in [2.05, 4.69) is 0 Å². The first kappa shape index (κ1) is 14.1. The number of carbonyl (C=O) groups is 2. The number of piperidine rings is 1. The highest BCUT2D eigenvalue weighted by molar-refractivity contribution is 5.85. The third-order valence-corrected chi connectivity index (χ3v) is 5.20. The molecule has 2 aliphatic heterocycles. The molecule has 20 heavy (non-hydrogen) atoms. The van der Waals surface area contributed by atoms with Gasteiger partial charge in [-0.15, -0.1) is 0 Å². The van der Waals surface area contributed by atoms with E-state index in [-0.39, 0.29) is 29.9 Å². The Morgan fingerprint density at radius 2 is 2.10 bits per heavy atom. The Hall–Kier alpha value is -0.900. The summed E-state index contributed by atoms with van der Waals surface area (Å²) in [5.41, 5.74) is 0. The van der Waals surface area contributed by atoms with Gasteiger partial charge < -0.3 is 9.64 Å². The van der Waals surface area contributed by atoms with Gasteiger partial charge in [0.2, 0.25) is 5.91 Å². The molecule has 0 radical (unpaired) electrons. The monoisotopic (exact) mass is 279 g/mol. The third-order valence-electron chi connectivity index (χ3n) is 5.20. The van der Waals surface area contributed by atoms with Crippen molar-refractivity contribution in [3.05, 3.63) is 0 Å². The molecule has 2 saturated heterocycles. The van der Waals surface area contributed by atoms with E-state index < -0.39 is 0 Å². The zero-order valence-electron chi connectivity index (χ0n) is 12.3. The fraction of sp³-hybridized carbons (Fsp3) is 0.875. The molecule has 2 heterocycles. The zero-order chi connectivity index (χ0) is 14.1. The second-order valence-corrected chi connectivity index (χ2v) is 6.64. The standard InChI is InChI=1S/C16H25NO3/c1-11-9-12(10-20-11)16(19)17-8-3-2-6-14(17)13-5-4-7-15(13)18/h11-14H,2-10H2,1H3. The second-order valence-electron chi connectivity index (χ2n) is 6.64. The van der Waals surface area contributed by atoms with E-state index >= 15 is 0 Å². The minimum Gasteiger partial charge on any atom is -0.378 e. The van der Waals surface area contributed by atoms with E-state index in [0.717, 1.165) is 45.1 Å². The van der Waals surface area contributed by atoms with Crippen molar-refractivity contribution in [3.8, 4) is 0 Å². The quantitative estimate of drug-likeness (QED) is 0.778. The molecule has 3 rings (SSSR count). The molecule has 0 aromatic carbocycles. The van der Waals surface area contributed by atoms with Gasteiger partial charge in [-0.1, -0.05) is 0 Å². The maximum absolute atomic E-state index is 12.8. The summed E-state index contributed by atoms with van der Waals surface area (Å²) in [6, 6.07) is 0.169. The maximum atomic E-state index is 12.8. The van der Waals surface area contributed by atoms with Crippen molar-refractivity contribution in [1.82, 2.24) is 4.90 Å². The number of amides is 1. The lowest BCUT2D eigenvalue weighted by atomic mass is 9.87. The van der Waals surface area contributed by atoms with Crippen molar-refractivity contribution >= 4 is 11.7 Å². The maximum Gasteiger partial charge on any atom is 0.228 e. The molecular weight excluding hydrogens is 254 g/mol. The number of nitrogens with zero attached hydrogens (tertiary/aromatic N) is 1. The fourth-order valence-corrected chi connectivity index (χ4v) is 4.12. The van der Waals surface area contributed by atoms with Crippen LogP contribution in [0.2, 0.25) is 0 Å². The van der Waals surface area contributed by atoms with Crippen LogP contribution in [-0.2, 0) is 14.3 Å². The van der Waals surface area contributed by atoms with Crippen LogP contribution in [0.25, 0.3) is 0 Å². The van der Waals surface area contributed by atoms with Crippen molar-refractivity contribution in [2.75, 3.05) is 13.2 Å². The van der Waals surface area contributed by atoms with Gasteiger partial charge in [-0.25, -0.2) is 0 Å². The van der Waals surface area contributed by atoms with Crippen molar-refractivity contribution < 1.29 is 14.3 Å². The highest BCUT2D eigenvalue weighted by Crippen LogP contribution is 2.34. The van der Waals surface area contributed by atoms with E-state index in [4.69, 9.17) is 4.74 Å². The average Bonchev–Trinajstić information content (AvgIpc) is 3.07. The molecule has 3 aliphatic rings. The molecule has 4 atom stereocenters. The predicted molar refractivity (Wildman–Crippen MR) is 75.2 cm³/mol. The fourth-order valence-electron chi connectivity index (χ4n) is 4.12. The summed E-state index contributed by atoms with van der Waals surface area (Å²) in [4.78, 5) is 26.8. The number of carbonyl (C=O) groups excluding carboxylic acids is 2. The van der Waals surface area contributed by atoms with Crippen LogP contribution >= 0.6 is 0 Å². The van der Waals surface area contributed by atoms with Crippen LogP contribution in [0, 0.1) is 11.8 Å². The summed E-state index contributed by atoms with van der Waals surface area (Å²) in [7, 11) is 0. The number of ketones is 1. The molecule has 4 nitrogen and oxygen atoms in total. The lowest BCUT2D eigenvalue weighted by Gasteiger charge is -2.40. The van der Waals surface area contributed by atoms with Gasteiger partial charge in [0.25, 0.3) is 0 Å². The molecule has 112 valence electrons. The Bertz CT molecular complexity index is 395. The normalized spacial score (nSPS) is 38.5. The van der Waals surface area contributed by atoms with E-state index in [1.165, 1.54) is 0 Å². The molecule has 1 amide bonds. The van der Waals surface area contributed by atoms with E-state index in [9.17, 15) is 9.59 Å². The van der Waals surface area contributed by atoms with Gasteiger partial charge in [0.15, 0.2) is 0 Å². The third kappa shape index (κ3) is 2.62. The van der Waals surface area contributed by atoms with Crippen LogP contribution in [0.4, 0.5) is 0 Å². The molecule has 4 heteroatoms. The van der Waals surface area contributed by atoms with E-state index in [0.29, 0.717) is 18.8 Å². The molecule has 0 spiro atoms. The van der Waals surface area contributed by atoms with Gasteiger partial charge in [0.05, 0.1) is 18.6 Å². The van der Waals surface area contributed by atoms with Crippen molar-refractivity contribution in [1.29, 1.82) is 0 Å². The second kappa shape index (κ2) is 5.84. The highest BCUT2D eigenvalue weighted by Gasteiger charge is 2.41. The Morgan fingerprint density at radius 1 is 1.25 bits per heavy atom. The zero-order valence-corrected chi connectivity index (χ0v) is 12.3. The molecule has 0 aromatic heterocycles. The van der Waals surface area contributed by atoms with Crippen LogP contribution in [0.5, 0.6) is 0 Å². The number of likely N-dealkylation sites (tertiary alicyclic amines) is 1. The van der Waals surface area contributed by atoms with Crippen LogP contribution in [0.3, 0.4) is 0 Å². The van der Waals surface area contributed by atoms with Crippen LogP contribution in [-0.4, -0.2) is 41.9 Å². The van der Waals surface area contributed by atoms with Gasteiger partial charge in [-0.3, -0.25) is 9.59 Å². The number of Topliss-reactive ketones (excluding diaryl/α,β-unsaturated/α-hetero) is 1. The Balaban J connectivity index is 1.71. The smallest absolute Gasteiger partial charge is 0.228 e. The predicted octanol–water partition coefficient (Wildman–Crippen LogP) is 2.16. The molecule has 4 unspecified atom stereocenters. The molecular formula is C16H25NO3. The summed E-state index contributed by atoms with van der Waals surface area (Å²) < 4.78 is 5.54. The van der Waals surface area contributed by atoms with Gasteiger partial charge in [0, 0.05) is 24.9 Å². The number of hydrogen-bond acceptors (Lipinski definition) is 3. The number of rotatable bonds is 2. The van der Waals surface area contributed by atoms with E-state index in [1.807, 2.05) is 11.8 Å². The minimum atomic E-state index is 0.0158. The van der Waals surface area contributed by atoms with E-state index in [1.54, 1.807) is 0 Å². The van der Waals surface area contributed by atoms with Crippen molar-refractivity contribution in [2.24, 2.45) is 11.8 Å².